The smallest absolute Gasteiger partial charge is 0.242 e. The van der Waals surface area contributed by atoms with Crippen molar-refractivity contribution in [2.45, 2.75) is 37.8 Å². The van der Waals surface area contributed by atoms with Gasteiger partial charge in [-0.1, -0.05) is 44.2 Å². The summed E-state index contributed by atoms with van der Waals surface area (Å²) in [7, 11) is 1.58. The third-order valence-electron chi connectivity index (χ3n) is 3.21. The number of carbonyl (C=O) groups is 2. The van der Waals surface area contributed by atoms with Crippen LogP contribution in [-0.4, -0.2) is 30.2 Å². The van der Waals surface area contributed by atoms with Crippen LogP contribution in [0.1, 0.15) is 26.3 Å². The number of hydrogen-bond donors (Lipinski definition) is 2. The quantitative estimate of drug-likeness (QED) is 0.812. The van der Waals surface area contributed by atoms with Crippen molar-refractivity contribution in [3.8, 4) is 0 Å². The lowest BCUT2D eigenvalue weighted by Crippen LogP contribution is -2.50. The Hall–Kier alpha value is -1.49. The van der Waals surface area contributed by atoms with E-state index in [2.05, 4.69) is 10.6 Å². The summed E-state index contributed by atoms with van der Waals surface area (Å²) >= 11 is 1.57. The molecule has 0 fully saturated rings. The van der Waals surface area contributed by atoms with Crippen LogP contribution in [0, 0.1) is 5.92 Å². The molecule has 21 heavy (non-hydrogen) atoms. The highest BCUT2D eigenvalue weighted by molar-refractivity contribution is 7.99. The second-order valence-electron chi connectivity index (χ2n) is 5.28. The normalized spacial score (nSPS) is 13.6. The van der Waals surface area contributed by atoms with Gasteiger partial charge in [-0.15, -0.1) is 11.8 Å². The maximum absolute atomic E-state index is 12.2. The molecule has 4 nitrogen and oxygen atoms in total. The van der Waals surface area contributed by atoms with E-state index in [4.69, 9.17) is 0 Å². The molecule has 2 unspecified atom stereocenters. The van der Waals surface area contributed by atoms with Crippen LogP contribution in [0.15, 0.2) is 30.3 Å². The molecule has 0 aromatic heterocycles. The van der Waals surface area contributed by atoms with Crippen molar-refractivity contribution in [1.29, 1.82) is 0 Å². The molecule has 2 amide bonds. The van der Waals surface area contributed by atoms with Crippen LogP contribution in [-0.2, 0) is 15.3 Å². The van der Waals surface area contributed by atoms with E-state index in [9.17, 15) is 9.59 Å². The van der Waals surface area contributed by atoms with Crippen molar-refractivity contribution in [1.82, 2.24) is 10.6 Å². The van der Waals surface area contributed by atoms with Gasteiger partial charge in [-0.3, -0.25) is 9.59 Å². The lowest BCUT2D eigenvalue weighted by atomic mass is 10.0. The highest BCUT2D eigenvalue weighted by atomic mass is 32.2. The zero-order valence-corrected chi connectivity index (χ0v) is 13.9. The third-order valence-corrected chi connectivity index (χ3v) is 4.42. The molecule has 2 N–H and O–H groups in total. The molecule has 0 aliphatic rings. The summed E-state index contributed by atoms with van der Waals surface area (Å²) in [4.78, 5) is 23.9. The van der Waals surface area contributed by atoms with E-state index in [1.54, 1.807) is 18.8 Å². The van der Waals surface area contributed by atoms with Gasteiger partial charge in [-0.25, -0.2) is 0 Å². The summed E-state index contributed by atoms with van der Waals surface area (Å²) in [6.07, 6.45) is 0. The highest BCUT2D eigenvalue weighted by Gasteiger charge is 2.25. The predicted molar refractivity (Wildman–Crippen MR) is 88.0 cm³/mol. The molecular formula is C16H24N2O2S. The minimum atomic E-state index is -0.484. The van der Waals surface area contributed by atoms with E-state index in [0.29, 0.717) is 0 Å². The van der Waals surface area contributed by atoms with Crippen LogP contribution in [0.5, 0.6) is 0 Å². The Balaban J connectivity index is 2.51. The van der Waals surface area contributed by atoms with Gasteiger partial charge < -0.3 is 10.6 Å². The first-order valence-corrected chi connectivity index (χ1v) is 8.18. The second kappa shape index (κ2) is 8.72. The molecule has 2 atom stereocenters. The molecule has 0 heterocycles. The lowest BCUT2D eigenvalue weighted by molar-refractivity contribution is -0.129. The van der Waals surface area contributed by atoms with E-state index in [1.165, 1.54) is 5.56 Å². The molecule has 0 saturated carbocycles. The zero-order valence-electron chi connectivity index (χ0n) is 13.1. The van der Waals surface area contributed by atoms with Gasteiger partial charge in [0.2, 0.25) is 11.8 Å². The predicted octanol–water partition coefficient (Wildman–Crippen LogP) is 2.20. The Morgan fingerprint density at radius 1 is 1.10 bits per heavy atom. The van der Waals surface area contributed by atoms with Gasteiger partial charge in [-0.05, 0) is 18.4 Å². The number of likely N-dealkylation sites (N-methyl/N-ethyl adjacent to an activating group) is 1. The van der Waals surface area contributed by atoms with Gasteiger partial charge in [-0.2, -0.15) is 0 Å². The van der Waals surface area contributed by atoms with Gasteiger partial charge in [0.1, 0.15) is 6.04 Å². The maximum atomic E-state index is 12.2. The molecule has 0 radical (unpaired) electrons. The van der Waals surface area contributed by atoms with Gasteiger partial charge in [0.15, 0.2) is 0 Å². The molecule has 1 aromatic carbocycles. The summed E-state index contributed by atoms with van der Waals surface area (Å²) in [6, 6.07) is 9.54. The van der Waals surface area contributed by atoms with Gasteiger partial charge in [0.05, 0.1) is 5.25 Å². The Bertz CT molecular complexity index is 463. The minimum absolute atomic E-state index is 0.0558. The topological polar surface area (TPSA) is 58.2 Å². The van der Waals surface area contributed by atoms with Crippen LogP contribution in [0.4, 0.5) is 0 Å². The number of carbonyl (C=O) groups excluding carboxylic acids is 2. The summed E-state index contributed by atoms with van der Waals surface area (Å²) in [5.74, 6) is 0.582. The molecule has 0 aliphatic carbocycles. The molecule has 0 saturated heterocycles. The molecule has 5 heteroatoms. The Kier molecular flexibility index (Phi) is 7.29. The number of thioether (sulfide) groups is 1. The first kappa shape index (κ1) is 17.6. The zero-order chi connectivity index (χ0) is 15.8. The third kappa shape index (κ3) is 5.79. The lowest BCUT2D eigenvalue weighted by Gasteiger charge is -2.22. The van der Waals surface area contributed by atoms with Crippen molar-refractivity contribution in [3.63, 3.8) is 0 Å². The first-order chi connectivity index (χ1) is 9.95. The Labute approximate surface area is 131 Å². The molecule has 1 rings (SSSR count). The SMILES string of the molecule is CNC(=O)C(NC(=O)C(C)SCc1ccccc1)C(C)C. The van der Waals surface area contributed by atoms with Crippen molar-refractivity contribution < 1.29 is 9.59 Å². The van der Waals surface area contributed by atoms with Crippen LogP contribution >= 0.6 is 11.8 Å². The fourth-order valence-electron chi connectivity index (χ4n) is 1.83. The Morgan fingerprint density at radius 2 is 1.71 bits per heavy atom. The van der Waals surface area contributed by atoms with Crippen LogP contribution in [0.2, 0.25) is 0 Å². The first-order valence-electron chi connectivity index (χ1n) is 7.13. The van der Waals surface area contributed by atoms with E-state index in [1.807, 2.05) is 51.1 Å². The van der Waals surface area contributed by atoms with Gasteiger partial charge >= 0.3 is 0 Å². The molecule has 1 aromatic rings. The summed E-state index contributed by atoms with van der Waals surface area (Å²) in [5, 5.41) is 5.22. The standard InChI is InChI=1S/C16H24N2O2S/c1-11(2)14(16(20)17-4)18-15(19)12(3)21-10-13-8-6-5-7-9-13/h5-9,11-12,14H,10H2,1-4H3,(H,17,20)(H,18,19). The molecule has 0 aliphatic heterocycles. The molecule has 0 bridgehead atoms. The number of nitrogens with one attached hydrogen (secondary N) is 2. The molecule has 116 valence electrons. The average Bonchev–Trinajstić information content (AvgIpc) is 2.49. The fourth-order valence-corrected chi connectivity index (χ4v) is 2.69. The number of amides is 2. The number of hydrogen-bond acceptors (Lipinski definition) is 3. The van der Waals surface area contributed by atoms with E-state index in [-0.39, 0.29) is 23.0 Å². The molecule has 0 spiro atoms. The minimum Gasteiger partial charge on any atom is -0.357 e. The number of benzene rings is 1. The number of rotatable bonds is 7. The van der Waals surface area contributed by atoms with Crippen molar-refractivity contribution >= 4 is 23.6 Å². The van der Waals surface area contributed by atoms with Crippen LogP contribution in [0.25, 0.3) is 0 Å². The maximum Gasteiger partial charge on any atom is 0.242 e. The monoisotopic (exact) mass is 308 g/mol. The van der Waals surface area contributed by atoms with E-state index < -0.39 is 6.04 Å². The van der Waals surface area contributed by atoms with Crippen molar-refractivity contribution in [2.75, 3.05) is 7.05 Å². The van der Waals surface area contributed by atoms with Crippen molar-refractivity contribution in [3.05, 3.63) is 35.9 Å². The van der Waals surface area contributed by atoms with E-state index >= 15 is 0 Å². The van der Waals surface area contributed by atoms with Gasteiger partial charge in [0, 0.05) is 12.8 Å². The van der Waals surface area contributed by atoms with Crippen LogP contribution in [0.3, 0.4) is 0 Å². The van der Waals surface area contributed by atoms with Crippen LogP contribution < -0.4 is 10.6 Å². The highest BCUT2D eigenvalue weighted by Crippen LogP contribution is 2.18. The summed E-state index contributed by atoms with van der Waals surface area (Å²) < 4.78 is 0. The second-order valence-corrected chi connectivity index (χ2v) is 6.61. The van der Waals surface area contributed by atoms with E-state index in [0.717, 1.165) is 5.75 Å². The largest absolute Gasteiger partial charge is 0.357 e. The summed E-state index contributed by atoms with van der Waals surface area (Å²) in [6.45, 7) is 5.70. The Morgan fingerprint density at radius 3 is 2.24 bits per heavy atom. The summed E-state index contributed by atoms with van der Waals surface area (Å²) in [5.41, 5.74) is 1.19. The molecular weight excluding hydrogens is 284 g/mol. The van der Waals surface area contributed by atoms with Gasteiger partial charge in [0.25, 0.3) is 0 Å². The van der Waals surface area contributed by atoms with Crippen molar-refractivity contribution in [2.24, 2.45) is 5.92 Å². The fraction of sp³-hybridized carbons (Fsp3) is 0.500. The average molecular weight is 308 g/mol.